The molecule has 0 aliphatic carbocycles. The van der Waals surface area contributed by atoms with Crippen LogP contribution in [0.1, 0.15) is 30.0 Å². The van der Waals surface area contributed by atoms with Gasteiger partial charge in [0.15, 0.2) is 5.54 Å². The normalized spacial score (nSPS) is 18.2. The zero-order chi connectivity index (χ0) is 28.4. The number of carbonyl (C=O) groups is 1. The van der Waals surface area contributed by atoms with E-state index in [9.17, 15) is 9.18 Å². The molecule has 1 heterocycles. The molecule has 0 saturated heterocycles. The average molecular weight is 631 g/mol. The molecule has 0 fully saturated rings. The Morgan fingerprint density at radius 1 is 1.15 bits per heavy atom. The summed E-state index contributed by atoms with van der Waals surface area (Å²) in [6.07, 6.45) is 0.376. The Bertz CT molecular complexity index is 1290. The zero-order valence-electron chi connectivity index (χ0n) is 22.2. The van der Waals surface area contributed by atoms with E-state index in [0.717, 1.165) is 32.7 Å². The first-order valence-electron chi connectivity index (χ1n) is 13.1. The smallest absolute Gasteiger partial charge is 0.266 e. The number of carbonyl (C=O) groups excluding carboxylic acids is 1. The number of amides is 1. The van der Waals surface area contributed by atoms with Gasteiger partial charge >= 0.3 is 0 Å². The van der Waals surface area contributed by atoms with Crippen molar-refractivity contribution in [3.8, 4) is 5.75 Å². The fourth-order valence-corrected chi connectivity index (χ4v) is 5.46. The van der Waals surface area contributed by atoms with Crippen LogP contribution in [0.25, 0.3) is 0 Å². The molecule has 3 aromatic carbocycles. The van der Waals surface area contributed by atoms with Crippen LogP contribution in [0.5, 0.6) is 5.75 Å². The monoisotopic (exact) mass is 629 g/mol. The largest absolute Gasteiger partial charge is 0.494 e. The van der Waals surface area contributed by atoms with Gasteiger partial charge in [-0.1, -0.05) is 46.3 Å². The summed E-state index contributed by atoms with van der Waals surface area (Å²) in [5.74, 6) is 2.06. The van der Waals surface area contributed by atoms with E-state index >= 15 is 0 Å². The number of benzene rings is 3. The SMILES string of the molecule is C[C@@H]1OC(c2ccc(OCCCO)cc2)=N[C@]1(Cc1ccccc1Br)C(=O)NNCCSCc1ccc(F)cc1. The van der Waals surface area contributed by atoms with Gasteiger partial charge in [0.25, 0.3) is 5.91 Å². The van der Waals surface area contributed by atoms with E-state index in [2.05, 4.69) is 26.8 Å². The predicted octanol–water partition coefficient (Wildman–Crippen LogP) is 5.05. The molecule has 2 atom stereocenters. The van der Waals surface area contributed by atoms with Crippen molar-refractivity contribution in [3.05, 3.63) is 99.8 Å². The molecule has 212 valence electrons. The van der Waals surface area contributed by atoms with Crippen LogP contribution in [-0.4, -0.2) is 54.1 Å². The number of ether oxygens (including phenoxy) is 2. The summed E-state index contributed by atoms with van der Waals surface area (Å²) >= 11 is 5.29. The van der Waals surface area contributed by atoms with Crippen molar-refractivity contribution in [1.82, 2.24) is 10.9 Å². The second-order valence-corrected chi connectivity index (χ2v) is 11.3. The molecule has 0 bridgehead atoms. The van der Waals surface area contributed by atoms with E-state index in [4.69, 9.17) is 19.6 Å². The number of aliphatic hydroxyl groups excluding tert-OH is 1. The predicted molar refractivity (Wildman–Crippen MR) is 160 cm³/mol. The van der Waals surface area contributed by atoms with Gasteiger partial charge < -0.3 is 14.6 Å². The summed E-state index contributed by atoms with van der Waals surface area (Å²) in [6.45, 7) is 2.91. The second kappa shape index (κ2) is 14.6. The third-order valence-electron chi connectivity index (χ3n) is 6.50. The Kier molecular flexibility index (Phi) is 11.0. The number of hydrogen-bond acceptors (Lipinski definition) is 7. The quantitative estimate of drug-likeness (QED) is 0.171. The zero-order valence-corrected chi connectivity index (χ0v) is 24.6. The van der Waals surface area contributed by atoms with Gasteiger partial charge in [-0.25, -0.2) is 14.8 Å². The third-order valence-corrected chi connectivity index (χ3v) is 8.30. The highest BCUT2D eigenvalue weighted by atomic mass is 79.9. The highest BCUT2D eigenvalue weighted by Crippen LogP contribution is 2.34. The lowest BCUT2D eigenvalue weighted by Crippen LogP contribution is -2.56. The van der Waals surface area contributed by atoms with Crippen LogP contribution in [0.4, 0.5) is 4.39 Å². The van der Waals surface area contributed by atoms with Crippen LogP contribution in [-0.2, 0) is 21.7 Å². The lowest BCUT2D eigenvalue weighted by molar-refractivity contribution is -0.129. The first kappa shape index (κ1) is 30.0. The molecular formula is C30H33BrFN3O4S. The van der Waals surface area contributed by atoms with Gasteiger partial charge in [0.05, 0.1) is 6.61 Å². The molecule has 0 spiro atoms. The van der Waals surface area contributed by atoms with E-state index < -0.39 is 11.6 Å². The molecule has 10 heteroatoms. The van der Waals surface area contributed by atoms with Crippen LogP contribution in [0.2, 0.25) is 0 Å². The summed E-state index contributed by atoms with van der Waals surface area (Å²) in [4.78, 5) is 18.6. The van der Waals surface area contributed by atoms with E-state index in [1.807, 2.05) is 55.5 Å². The Labute approximate surface area is 246 Å². The molecule has 3 N–H and O–H groups in total. The second-order valence-electron chi connectivity index (χ2n) is 9.38. The molecule has 3 aromatic rings. The fourth-order valence-electron chi connectivity index (χ4n) is 4.22. The van der Waals surface area contributed by atoms with Crippen molar-refractivity contribution in [2.45, 2.75) is 37.2 Å². The van der Waals surface area contributed by atoms with Crippen molar-refractivity contribution in [2.75, 3.05) is 25.5 Å². The highest BCUT2D eigenvalue weighted by Gasteiger charge is 2.50. The number of halogens is 2. The molecule has 0 radical (unpaired) electrons. The summed E-state index contributed by atoms with van der Waals surface area (Å²) < 4.78 is 25.8. The molecule has 0 aromatic heterocycles. The fraction of sp³-hybridized carbons (Fsp3) is 0.333. The number of hydrogen-bond donors (Lipinski definition) is 3. The Balaban J connectivity index is 1.43. The highest BCUT2D eigenvalue weighted by molar-refractivity contribution is 9.10. The maximum Gasteiger partial charge on any atom is 0.266 e. The maximum absolute atomic E-state index is 13.7. The lowest BCUT2D eigenvalue weighted by atomic mass is 9.86. The van der Waals surface area contributed by atoms with Crippen molar-refractivity contribution in [2.24, 2.45) is 4.99 Å². The number of nitrogens with zero attached hydrogens (tertiary/aromatic N) is 1. The van der Waals surface area contributed by atoms with E-state index in [0.29, 0.717) is 37.6 Å². The van der Waals surface area contributed by atoms with E-state index in [1.54, 1.807) is 23.9 Å². The van der Waals surface area contributed by atoms with Crippen molar-refractivity contribution >= 4 is 39.5 Å². The average Bonchev–Trinajstić information content (AvgIpc) is 3.30. The summed E-state index contributed by atoms with van der Waals surface area (Å²) in [6, 6.07) is 21.6. The van der Waals surface area contributed by atoms with Gasteiger partial charge in [-0.2, -0.15) is 11.8 Å². The molecule has 4 rings (SSSR count). The molecule has 40 heavy (non-hydrogen) atoms. The standard InChI is InChI=1S/C30H33BrFN3O4S/c1-21-30(19-24-5-2-3-6-27(24)31,29(37)35-33-15-18-40-20-22-7-11-25(32)12-8-22)34-28(39-21)23-9-13-26(14-10-23)38-17-4-16-36/h2-3,5-14,21,33,36H,4,15-20H2,1H3,(H,35,37)/t21-,30-/m0/s1. The van der Waals surface area contributed by atoms with Gasteiger partial charge in [0.2, 0.25) is 5.90 Å². The minimum atomic E-state index is -1.19. The number of hydrazine groups is 1. The summed E-state index contributed by atoms with van der Waals surface area (Å²) in [7, 11) is 0. The third kappa shape index (κ3) is 7.84. The molecule has 1 amide bonds. The molecule has 0 saturated carbocycles. The summed E-state index contributed by atoms with van der Waals surface area (Å²) in [5.41, 5.74) is 7.44. The van der Waals surface area contributed by atoms with Gasteiger partial charge in [0, 0.05) is 47.5 Å². The topological polar surface area (TPSA) is 92.2 Å². The van der Waals surface area contributed by atoms with E-state index in [-0.39, 0.29) is 18.3 Å². The van der Waals surface area contributed by atoms with Crippen LogP contribution < -0.4 is 15.6 Å². The van der Waals surface area contributed by atoms with Crippen LogP contribution in [0, 0.1) is 5.82 Å². The minimum absolute atomic E-state index is 0.0754. The number of rotatable bonds is 14. The number of nitrogens with one attached hydrogen (secondary N) is 2. The molecule has 1 aliphatic heterocycles. The van der Waals surface area contributed by atoms with Crippen molar-refractivity contribution in [3.63, 3.8) is 0 Å². The Morgan fingerprint density at radius 2 is 1.90 bits per heavy atom. The molecular weight excluding hydrogens is 597 g/mol. The lowest BCUT2D eigenvalue weighted by Gasteiger charge is -2.28. The van der Waals surface area contributed by atoms with Crippen LogP contribution in [0.3, 0.4) is 0 Å². The van der Waals surface area contributed by atoms with Gasteiger partial charge in [-0.15, -0.1) is 0 Å². The van der Waals surface area contributed by atoms with Gasteiger partial charge in [-0.3, -0.25) is 10.2 Å². The first-order valence-corrected chi connectivity index (χ1v) is 15.1. The Hall–Kier alpha value is -2.92. The van der Waals surface area contributed by atoms with Crippen LogP contribution in [0.15, 0.2) is 82.3 Å². The van der Waals surface area contributed by atoms with Crippen LogP contribution >= 0.6 is 27.7 Å². The summed E-state index contributed by atoms with van der Waals surface area (Å²) in [5, 5.41) is 8.95. The Morgan fingerprint density at radius 3 is 2.62 bits per heavy atom. The molecule has 7 nitrogen and oxygen atoms in total. The molecule has 1 aliphatic rings. The van der Waals surface area contributed by atoms with E-state index in [1.165, 1.54) is 12.1 Å². The number of thioether (sulfide) groups is 1. The van der Waals surface area contributed by atoms with Crippen molar-refractivity contribution in [1.29, 1.82) is 0 Å². The molecule has 0 unspecified atom stereocenters. The van der Waals surface area contributed by atoms with Gasteiger partial charge in [-0.05, 0) is 60.5 Å². The van der Waals surface area contributed by atoms with Gasteiger partial charge in [0.1, 0.15) is 17.7 Å². The van der Waals surface area contributed by atoms with Crippen molar-refractivity contribution < 1.29 is 23.8 Å². The number of aliphatic imine (C=N–C) groups is 1. The minimum Gasteiger partial charge on any atom is -0.494 e. The number of aliphatic hydroxyl groups is 1. The first-order chi connectivity index (χ1) is 19.4. The maximum atomic E-state index is 13.7.